The second-order valence-electron chi connectivity index (χ2n) is 28.0. The number of rotatable bonds is 2. The number of allylic oxidation sites excluding steroid dienone is 16. The standard InChI is InChI=1S/C17H14O3.C17H14O2.C17H16O2.C10H16O2.C9H14O2.C7H12O2.C5H6F2O2.C5H8O2/c1-11-12(2)20-17(19-11)13-7-3-5-9-15(13)18-16-10-6-4-8-14(16)17;1-11-12(2)19-17(18-11)15-9-5-3-7-13(15)14-8-4-6-10-16(14)17;1-13-14(2)19-17(18-13,15-9-5-3-6-10-15)16-11-7-4-8-12-16;1-8-9(2)12-10(11-8)6-4-3-5-7-10;1-7-8(2)11-9(10-7)5-3-4-6-9;1-5-6(2)9-7(3,4)8-5;1-3-4(2)9-5(6,7)8-3;1-4-5(2)7-3-6-4/h3-10H,1-2H3;3-10H,1-2H3;3-12H,1-2H3;3-7H2,1-2H3;3-6H2,1-2H3;1-4H3;1-2H3;3H2,1-2H3. The Morgan fingerprint density at radius 3 is 0.821 bits per heavy atom. The normalized spacial score (nSPS) is 20.8. The van der Waals surface area contributed by atoms with Crippen molar-refractivity contribution < 1.29 is 89.3 Å². The first-order valence-electron chi connectivity index (χ1n) is 36.3. The third-order valence-corrected chi connectivity index (χ3v) is 19.8. The number of ether oxygens (including phenoxy) is 17. The minimum absolute atomic E-state index is 0.139. The van der Waals surface area contributed by atoms with Crippen LogP contribution in [0.25, 0.3) is 11.1 Å². The predicted molar refractivity (Wildman–Crippen MR) is 395 cm³/mol. The first-order valence-corrected chi connectivity index (χ1v) is 36.3. The van der Waals surface area contributed by atoms with E-state index in [2.05, 4.69) is 45.9 Å². The summed E-state index contributed by atoms with van der Waals surface area (Å²) in [5, 5.41) is 0. The first-order chi connectivity index (χ1) is 50.4. The maximum Gasteiger partial charge on any atom is 0.585 e. The molecule has 106 heavy (non-hydrogen) atoms. The fraction of sp³-hybridized carbons (Fsp3) is 0.402. The topological polar surface area (TPSA) is 157 Å². The van der Waals surface area contributed by atoms with Crippen LogP contribution in [-0.2, 0) is 93.2 Å². The summed E-state index contributed by atoms with van der Waals surface area (Å²) in [6.07, 6.45) is 7.07. The second-order valence-corrected chi connectivity index (χ2v) is 28.0. The fourth-order valence-corrected chi connectivity index (χ4v) is 13.7. The number of alkyl halides is 2. The average Bonchev–Trinajstić information content (AvgIpc) is 1.52. The molecule has 2 saturated carbocycles. The van der Waals surface area contributed by atoms with E-state index in [4.69, 9.17) is 71.1 Å². The first kappa shape index (κ1) is 76.8. The van der Waals surface area contributed by atoms with E-state index in [1.165, 1.54) is 57.1 Å². The Morgan fingerprint density at radius 1 is 0.255 bits per heavy atom. The summed E-state index contributed by atoms with van der Waals surface area (Å²) in [5.74, 6) is 10.8. The summed E-state index contributed by atoms with van der Waals surface area (Å²) in [4.78, 5) is 0. The van der Waals surface area contributed by atoms with Gasteiger partial charge in [-0.15, -0.1) is 8.78 Å². The Labute approximate surface area is 622 Å². The highest BCUT2D eigenvalue weighted by molar-refractivity contribution is 5.79. The van der Waals surface area contributed by atoms with E-state index in [9.17, 15) is 8.78 Å². The van der Waals surface area contributed by atoms with Gasteiger partial charge in [-0.05, 0) is 172 Å². The molecule has 18 rings (SSSR count). The molecule has 0 saturated heterocycles. The molecule has 0 amide bonds. The van der Waals surface area contributed by atoms with Gasteiger partial charge in [0.1, 0.15) is 104 Å². The lowest BCUT2D eigenvalue weighted by Gasteiger charge is -2.35. The SMILES string of the molecule is CC1=C(C)OC(C)(C)O1.CC1=C(C)OC(F)(F)O1.CC1=C(C)OC(c2ccccc2)(c2ccccc2)O1.CC1=C(C)OC2(CCCC2)O1.CC1=C(C)OC2(CCCCC2)O1.CC1=C(C)OC2(O1)c1ccccc1-c1ccccc12.CC1=C(C)OC2(O1)c1ccccc1Oc1ccccc12.CC1=C(C)OCO1. The van der Waals surface area contributed by atoms with Gasteiger partial charge in [0.25, 0.3) is 11.6 Å². The summed E-state index contributed by atoms with van der Waals surface area (Å²) in [6, 6.07) is 52.3. The van der Waals surface area contributed by atoms with Gasteiger partial charge < -0.3 is 80.5 Å². The van der Waals surface area contributed by atoms with Crippen LogP contribution in [0.1, 0.15) is 216 Å². The molecule has 2 fully saturated rings. The minimum Gasteiger partial charge on any atom is -0.459 e. The lowest BCUT2D eigenvalue weighted by molar-refractivity contribution is -0.337. The lowest BCUT2D eigenvalue weighted by Crippen LogP contribution is -2.33. The van der Waals surface area contributed by atoms with Crippen molar-refractivity contribution in [2.45, 2.75) is 223 Å². The van der Waals surface area contributed by atoms with E-state index < -0.39 is 29.4 Å². The highest BCUT2D eigenvalue weighted by Gasteiger charge is 2.53. The van der Waals surface area contributed by atoms with Crippen molar-refractivity contribution in [3.05, 3.63) is 283 Å². The molecule has 6 aromatic carbocycles. The van der Waals surface area contributed by atoms with Crippen molar-refractivity contribution in [2.75, 3.05) is 6.79 Å². The van der Waals surface area contributed by atoms with Crippen LogP contribution in [-0.4, -0.2) is 30.4 Å². The molecule has 0 unspecified atom stereocenters. The maximum atomic E-state index is 12.0. The summed E-state index contributed by atoms with van der Waals surface area (Å²) in [5.41, 5.74) is 8.36. The van der Waals surface area contributed by atoms with Gasteiger partial charge in [-0.2, -0.15) is 0 Å². The molecule has 0 radical (unpaired) electrons. The fourth-order valence-electron chi connectivity index (χ4n) is 13.7. The Balaban J connectivity index is 0.000000124. The zero-order valence-electron chi connectivity index (χ0n) is 64.3. The van der Waals surface area contributed by atoms with E-state index in [1.54, 1.807) is 0 Å². The number of hydrogen-bond donors (Lipinski definition) is 0. The zero-order valence-corrected chi connectivity index (χ0v) is 64.3. The van der Waals surface area contributed by atoms with Crippen LogP contribution in [0.2, 0.25) is 0 Å². The molecule has 9 aliphatic heterocycles. The van der Waals surface area contributed by atoms with Crippen LogP contribution in [0, 0.1) is 0 Å². The molecule has 17 nitrogen and oxygen atoms in total. The molecule has 0 N–H and O–H groups in total. The van der Waals surface area contributed by atoms with Crippen LogP contribution in [0.4, 0.5) is 8.78 Å². The third kappa shape index (κ3) is 16.5. The summed E-state index contributed by atoms with van der Waals surface area (Å²) in [7, 11) is 0. The van der Waals surface area contributed by atoms with Crippen molar-refractivity contribution in [1.29, 1.82) is 0 Å². The predicted octanol–water partition coefficient (Wildman–Crippen LogP) is 23.2. The third-order valence-electron chi connectivity index (χ3n) is 19.8. The molecule has 3 aliphatic carbocycles. The zero-order chi connectivity index (χ0) is 76.0. The molecule has 564 valence electrons. The Hall–Kier alpha value is -10.3. The number of fused-ring (bicyclic) bond motifs is 9. The lowest BCUT2D eigenvalue weighted by atomic mass is 9.93. The van der Waals surface area contributed by atoms with Gasteiger partial charge in [-0.25, -0.2) is 0 Å². The highest BCUT2D eigenvalue weighted by atomic mass is 19.3. The molecule has 12 aliphatic rings. The molecule has 6 aromatic rings. The molecule has 0 atom stereocenters. The van der Waals surface area contributed by atoms with E-state index in [0.717, 1.165) is 151 Å². The number of benzene rings is 6. The van der Waals surface area contributed by atoms with Crippen LogP contribution < -0.4 is 4.74 Å². The van der Waals surface area contributed by atoms with Crippen LogP contribution in [0.5, 0.6) is 11.5 Å². The summed E-state index contributed by atoms with van der Waals surface area (Å²) in [6.45, 7) is 34.2. The molecule has 19 heteroatoms. The van der Waals surface area contributed by atoms with Crippen molar-refractivity contribution in [1.82, 2.24) is 0 Å². The van der Waals surface area contributed by atoms with E-state index in [-0.39, 0.29) is 23.1 Å². The summed E-state index contributed by atoms with van der Waals surface area (Å²) >= 11 is 0. The van der Waals surface area contributed by atoms with Gasteiger partial charge in [0.15, 0.2) is 0 Å². The molecule has 0 bridgehead atoms. The Kier molecular flexibility index (Phi) is 22.8. The van der Waals surface area contributed by atoms with Crippen molar-refractivity contribution in [3.8, 4) is 22.6 Å². The van der Waals surface area contributed by atoms with Crippen molar-refractivity contribution >= 4 is 0 Å². The number of para-hydroxylation sites is 2. The molecular formula is C87H100F2O17. The van der Waals surface area contributed by atoms with Crippen LogP contribution in [0.15, 0.2) is 250 Å². The second kappa shape index (κ2) is 31.4. The number of halogens is 2. The Morgan fingerprint density at radius 2 is 0.519 bits per heavy atom. The highest BCUT2D eigenvalue weighted by Crippen LogP contribution is 2.56. The minimum atomic E-state index is -3.44. The monoisotopic (exact) mass is 1450 g/mol. The van der Waals surface area contributed by atoms with Gasteiger partial charge in [-0.1, -0.05) is 140 Å². The van der Waals surface area contributed by atoms with E-state index in [1.807, 2.05) is 232 Å². The molecule has 0 aromatic heterocycles. The summed E-state index contributed by atoms with van der Waals surface area (Å²) < 4.78 is 118. The molecular weight excluding hydrogens is 1350 g/mol. The van der Waals surface area contributed by atoms with E-state index in [0.29, 0.717) is 6.79 Å². The number of hydrogen-bond acceptors (Lipinski definition) is 17. The van der Waals surface area contributed by atoms with Crippen LogP contribution >= 0.6 is 0 Å². The van der Waals surface area contributed by atoms with Gasteiger partial charge in [-0.3, -0.25) is 0 Å². The smallest absolute Gasteiger partial charge is 0.459 e. The van der Waals surface area contributed by atoms with Gasteiger partial charge in [0.2, 0.25) is 12.6 Å². The van der Waals surface area contributed by atoms with Crippen LogP contribution in [0.3, 0.4) is 0 Å². The van der Waals surface area contributed by atoms with Gasteiger partial charge in [0, 0.05) is 61.8 Å². The van der Waals surface area contributed by atoms with Crippen molar-refractivity contribution in [2.24, 2.45) is 0 Å². The largest absolute Gasteiger partial charge is 0.585 e. The average molecular weight is 1460 g/mol. The van der Waals surface area contributed by atoms with Crippen molar-refractivity contribution in [3.63, 3.8) is 0 Å². The van der Waals surface area contributed by atoms with E-state index >= 15 is 0 Å². The maximum absolute atomic E-state index is 12.0. The molecule has 9 heterocycles. The molecule has 4 spiro atoms. The quantitative estimate of drug-likeness (QED) is 0.161. The van der Waals surface area contributed by atoms with Gasteiger partial charge >= 0.3 is 23.7 Å². The Bertz CT molecular complexity index is 4130. The van der Waals surface area contributed by atoms with Gasteiger partial charge in [0.05, 0.1) is 11.1 Å².